The lowest BCUT2D eigenvalue weighted by atomic mass is 9.89. The highest BCUT2D eigenvalue weighted by molar-refractivity contribution is 9.10. The number of aromatic nitrogens is 4. The van der Waals surface area contributed by atoms with Crippen molar-refractivity contribution in [1.82, 2.24) is 19.6 Å². The van der Waals surface area contributed by atoms with Crippen LogP contribution in [-0.4, -0.2) is 41.8 Å². The fraction of sp³-hybridized carbons (Fsp3) is 0.267. The first-order valence-electron chi connectivity index (χ1n) is 13.2. The zero-order valence-corrected chi connectivity index (χ0v) is 30.5. The molecule has 1 atom stereocenters. The topological polar surface area (TPSA) is 89.8 Å². The molecule has 46 heavy (non-hydrogen) atoms. The molecule has 4 aromatic rings. The SMILES string of the molecule is C=C(c1cn(C)nc1C)C(F)(F)F.Cc1nn(C)cc1C1(C)CC(c2ccc(Cl)c(Br)c2)=NO1.O/N=C(\Cl)c1ccc(Cl)c(Br)c1. The Morgan fingerprint density at radius 3 is 2.04 bits per heavy atom. The first-order valence-corrected chi connectivity index (χ1v) is 15.9. The average Bonchev–Trinajstić information content (AvgIpc) is 3.66. The molecule has 5 rings (SSSR count). The van der Waals surface area contributed by atoms with Crippen LogP contribution in [-0.2, 0) is 24.5 Å². The molecule has 0 spiro atoms. The van der Waals surface area contributed by atoms with E-state index in [4.69, 9.17) is 44.8 Å². The van der Waals surface area contributed by atoms with Gasteiger partial charge in [-0.3, -0.25) is 9.36 Å². The maximum Gasteiger partial charge on any atom is 0.416 e. The molecule has 246 valence electrons. The molecule has 1 aliphatic heterocycles. The maximum absolute atomic E-state index is 12.2. The number of nitrogens with zero attached hydrogens (tertiary/aromatic N) is 6. The lowest BCUT2D eigenvalue weighted by molar-refractivity contribution is -0.0687. The summed E-state index contributed by atoms with van der Waals surface area (Å²) in [4.78, 5) is 5.74. The third-order valence-electron chi connectivity index (χ3n) is 6.62. The largest absolute Gasteiger partial charge is 0.416 e. The van der Waals surface area contributed by atoms with Crippen LogP contribution < -0.4 is 0 Å². The second-order valence-electron chi connectivity index (χ2n) is 10.3. The zero-order valence-electron chi connectivity index (χ0n) is 25.1. The van der Waals surface area contributed by atoms with Gasteiger partial charge in [-0.25, -0.2) is 0 Å². The van der Waals surface area contributed by atoms with Crippen molar-refractivity contribution >= 4 is 83.1 Å². The molecule has 0 saturated carbocycles. The summed E-state index contributed by atoms with van der Waals surface area (Å²) in [7, 11) is 3.48. The Kier molecular flexibility index (Phi) is 12.6. The third-order valence-corrected chi connectivity index (χ3v) is 9.35. The molecule has 0 aliphatic carbocycles. The van der Waals surface area contributed by atoms with Gasteiger partial charge in [-0.05, 0) is 76.9 Å². The van der Waals surface area contributed by atoms with Crippen molar-refractivity contribution in [2.24, 2.45) is 24.4 Å². The van der Waals surface area contributed by atoms with Crippen LogP contribution in [0.15, 0.2) is 74.6 Å². The number of benzene rings is 2. The summed E-state index contributed by atoms with van der Waals surface area (Å²) in [6.07, 6.45) is -0.377. The molecule has 3 heterocycles. The minimum atomic E-state index is -4.38. The summed E-state index contributed by atoms with van der Waals surface area (Å²) in [6, 6.07) is 10.8. The fourth-order valence-corrected chi connectivity index (χ4v) is 5.47. The summed E-state index contributed by atoms with van der Waals surface area (Å²) in [5.74, 6) is 0. The highest BCUT2D eigenvalue weighted by atomic mass is 79.9. The maximum atomic E-state index is 12.2. The molecule has 1 aliphatic rings. The van der Waals surface area contributed by atoms with Gasteiger partial charge in [0.2, 0.25) is 0 Å². The quantitative estimate of drug-likeness (QED) is 0.126. The second-order valence-corrected chi connectivity index (χ2v) is 13.1. The number of aryl methyl sites for hydroxylation is 4. The van der Waals surface area contributed by atoms with Gasteiger partial charge in [0.25, 0.3) is 0 Å². The molecule has 8 nitrogen and oxygen atoms in total. The summed E-state index contributed by atoms with van der Waals surface area (Å²) in [6.45, 7) is 8.54. The number of alkyl halides is 3. The van der Waals surface area contributed by atoms with Gasteiger partial charge < -0.3 is 10.0 Å². The highest BCUT2D eigenvalue weighted by Gasteiger charge is 2.39. The average molecular weight is 828 g/mol. The fourth-order valence-electron chi connectivity index (χ4n) is 4.36. The van der Waals surface area contributed by atoms with Crippen molar-refractivity contribution in [2.75, 3.05) is 0 Å². The van der Waals surface area contributed by atoms with E-state index in [0.29, 0.717) is 32.2 Å². The second kappa shape index (κ2) is 15.4. The van der Waals surface area contributed by atoms with Gasteiger partial charge in [0.1, 0.15) is 0 Å². The van der Waals surface area contributed by atoms with E-state index in [1.54, 1.807) is 29.9 Å². The van der Waals surface area contributed by atoms with Gasteiger partial charge in [-0.15, -0.1) is 0 Å². The molecular weight excluding hydrogens is 800 g/mol. The smallest absolute Gasteiger partial charge is 0.410 e. The lowest BCUT2D eigenvalue weighted by Crippen LogP contribution is -2.22. The molecule has 0 amide bonds. The third kappa shape index (κ3) is 9.37. The monoisotopic (exact) mass is 824 g/mol. The predicted molar refractivity (Wildman–Crippen MR) is 183 cm³/mol. The Morgan fingerprint density at radius 1 is 1.00 bits per heavy atom. The van der Waals surface area contributed by atoms with Crippen molar-refractivity contribution in [3.63, 3.8) is 0 Å². The molecule has 2 aromatic heterocycles. The van der Waals surface area contributed by atoms with Crippen LogP contribution in [0.5, 0.6) is 0 Å². The highest BCUT2D eigenvalue weighted by Crippen LogP contribution is 2.38. The molecule has 2 aromatic carbocycles. The van der Waals surface area contributed by atoms with E-state index in [2.05, 4.69) is 58.9 Å². The van der Waals surface area contributed by atoms with Crippen LogP contribution in [0.25, 0.3) is 5.57 Å². The van der Waals surface area contributed by atoms with Gasteiger partial charge in [0, 0.05) is 64.1 Å². The summed E-state index contributed by atoms with van der Waals surface area (Å²) < 4.78 is 41.3. The van der Waals surface area contributed by atoms with E-state index in [-0.39, 0.29) is 10.7 Å². The van der Waals surface area contributed by atoms with Gasteiger partial charge >= 0.3 is 6.18 Å². The van der Waals surface area contributed by atoms with Crippen molar-refractivity contribution in [1.29, 1.82) is 0 Å². The van der Waals surface area contributed by atoms with Crippen LogP contribution >= 0.6 is 66.7 Å². The van der Waals surface area contributed by atoms with Gasteiger partial charge in [-0.2, -0.15) is 23.4 Å². The van der Waals surface area contributed by atoms with Crippen LogP contribution in [0.4, 0.5) is 13.2 Å². The van der Waals surface area contributed by atoms with Gasteiger partial charge in [0.15, 0.2) is 10.8 Å². The molecule has 0 bridgehead atoms. The first-order chi connectivity index (χ1) is 21.4. The van der Waals surface area contributed by atoms with Crippen molar-refractivity contribution in [3.8, 4) is 0 Å². The molecule has 0 fully saturated rings. The minimum Gasteiger partial charge on any atom is -0.410 e. The number of hydrogen-bond acceptors (Lipinski definition) is 6. The van der Waals surface area contributed by atoms with Crippen molar-refractivity contribution in [3.05, 3.63) is 108 Å². The number of halogens is 8. The standard InChI is InChI=1S/C15H15BrClN3O.C8H9F3N2.C7H4BrCl2NO/c1-9-11(8-20(3)18-9)15(2)7-14(19-21-15)10-4-5-13(17)12(16)6-10;1-5(8(9,10)11)7-4-13(3)12-6(7)2;8-5-3-4(7(10)11-12)1-2-6(5)9/h4-6,8H,7H2,1-3H3;4H,1H2,2-3H3;1-3,12H/b;;11-7-. The Hall–Kier alpha value is -2.84. The summed E-state index contributed by atoms with van der Waals surface area (Å²) in [5.41, 5.74) is 3.63. The van der Waals surface area contributed by atoms with E-state index in [9.17, 15) is 13.2 Å². The predicted octanol–water partition coefficient (Wildman–Crippen LogP) is 9.97. The van der Waals surface area contributed by atoms with Crippen LogP contribution in [0.1, 0.15) is 47.0 Å². The number of hydrogen-bond donors (Lipinski definition) is 1. The first kappa shape index (κ1) is 37.6. The molecule has 16 heteroatoms. The number of allylic oxidation sites excluding steroid dienone is 1. The number of rotatable bonds is 4. The van der Waals surface area contributed by atoms with Crippen molar-refractivity contribution < 1.29 is 23.2 Å². The Bertz CT molecular complexity index is 1810. The molecule has 0 radical (unpaired) electrons. The molecule has 1 unspecified atom stereocenters. The van der Waals surface area contributed by atoms with Crippen LogP contribution in [0, 0.1) is 13.8 Å². The molecular formula is C30H28Br2Cl3F3N6O2. The van der Waals surface area contributed by atoms with Crippen LogP contribution in [0.2, 0.25) is 10.0 Å². The van der Waals surface area contributed by atoms with E-state index >= 15 is 0 Å². The lowest BCUT2D eigenvalue weighted by Gasteiger charge is -2.20. The number of oxime groups is 2. The van der Waals surface area contributed by atoms with E-state index in [1.807, 2.05) is 45.3 Å². The normalized spacial score (nSPS) is 16.1. The Balaban J connectivity index is 0.000000200. The molecule has 0 saturated heterocycles. The van der Waals surface area contributed by atoms with Crippen LogP contribution in [0.3, 0.4) is 0 Å². The summed E-state index contributed by atoms with van der Waals surface area (Å²) in [5, 5.41) is 25.0. The van der Waals surface area contributed by atoms with Gasteiger partial charge in [0.05, 0.1) is 32.7 Å². The summed E-state index contributed by atoms with van der Waals surface area (Å²) >= 11 is 24.0. The Labute approximate surface area is 295 Å². The van der Waals surface area contributed by atoms with E-state index in [1.165, 1.54) is 17.8 Å². The zero-order chi connectivity index (χ0) is 34.6. The molecule has 1 N–H and O–H groups in total. The van der Waals surface area contributed by atoms with E-state index < -0.39 is 17.4 Å². The Morgan fingerprint density at radius 2 is 1.57 bits per heavy atom. The van der Waals surface area contributed by atoms with E-state index in [0.717, 1.165) is 27.0 Å². The van der Waals surface area contributed by atoms with Crippen molar-refractivity contribution in [2.45, 2.75) is 39.0 Å². The van der Waals surface area contributed by atoms with Gasteiger partial charge in [-0.1, -0.05) is 63.8 Å². The minimum absolute atomic E-state index is 0.0346.